The van der Waals surface area contributed by atoms with E-state index in [-0.39, 0.29) is 6.10 Å². The Labute approximate surface area is 104 Å². The van der Waals surface area contributed by atoms with Gasteiger partial charge in [0.1, 0.15) is 5.75 Å². The predicted octanol–water partition coefficient (Wildman–Crippen LogP) is 5.03. The van der Waals surface area contributed by atoms with Gasteiger partial charge in [-0.2, -0.15) is 0 Å². The number of rotatable bonds is 5. The van der Waals surface area contributed by atoms with E-state index in [4.69, 9.17) is 16.3 Å². The van der Waals surface area contributed by atoms with Crippen LogP contribution >= 0.6 is 11.6 Å². The van der Waals surface area contributed by atoms with E-state index in [1.54, 1.807) is 0 Å². The standard InChI is InChI=1S/C14H21ClO/c1-5-11(6-2)12-7-8-14(13(15)9-12)16-10(3)4/h7-11H,5-6H2,1-4H3. The van der Waals surface area contributed by atoms with Crippen LogP contribution in [0.25, 0.3) is 0 Å². The minimum atomic E-state index is 0.163. The van der Waals surface area contributed by atoms with Crippen LogP contribution in [0.4, 0.5) is 0 Å². The lowest BCUT2D eigenvalue weighted by atomic mass is 9.94. The minimum Gasteiger partial charge on any atom is -0.489 e. The number of hydrogen-bond donors (Lipinski definition) is 0. The molecule has 1 nitrogen and oxygen atoms in total. The summed E-state index contributed by atoms with van der Waals surface area (Å²) < 4.78 is 5.62. The minimum absolute atomic E-state index is 0.163. The van der Waals surface area contributed by atoms with Gasteiger partial charge < -0.3 is 4.74 Å². The van der Waals surface area contributed by atoms with Crippen molar-refractivity contribution < 1.29 is 4.74 Å². The number of benzene rings is 1. The SMILES string of the molecule is CCC(CC)c1ccc(OC(C)C)c(Cl)c1. The lowest BCUT2D eigenvalue weighted by Crippen LogP contribution is -2.06. The molecule has 0 radical (unpaired) electrons. The summed E-state index contributed by atoms with van der Waals surface area (Å²) >= 11 is 6.21. The average molecular weight is 241 g/mol. The third kappa shape index (κ3) is 3.41. The molecule has 0 heterocycles. The zero-order chi connectivity index (χ0) is 12.1. The Hall–Kier alpha value is -0.690. The lowest BCUT2D eigenvalue weighted by molar-refractivity contribution is 0.242. The van der Waals surface area contributed by atoms with Crippen molar-refractivity contribution in [1.82, 2.24) is 0 Å². The van der Waals surface area contributed by atoms with Gasteiger partial charge in [0, 0.05) is 0 Å². The highest BCUT2D eigenvalue weighted by atomic mass is 35.5. The Morgan fingerprint density at radius 2 is 1.81 bits per heavy atom. The molecule has 0 aliphatic rings. The predicted molar refractivity (Wildman–Crippen MR) is 70.5 cm³/mol. The van der Waals surface area contributed by atoms with Crippen LogP contribution in [0.1, 0.15) is 52.0 Å². The van der Waals surface area contributed by atoms with Crippen molar-refractivity contribution in [3.8, 4) is 5.75 Å². The highest BCUT2D eigenvalue weighted by molar-refractivity contribution is 6.32. The van der Waals surface area contributed by atoms with E-state index in [0.717, 1.165) is 23.6 Å². The molecule has 0 spiro atoms. The fourth-order valence-corrected chi connectivity index (χ4v) is 2.11. The molecule has 16 heavy (non-hydrogen) atoms. The van der Waals surface area contributed by atoms with Crippen LogP contribution in [0.2, 0.25) is 5.02 Å². The van der Waals surface area contributed by atoms with Gasteiger partial charge in [0.05, 0.1) is 11.1 Å². The van der Waals surface area contributed by atoms with Crippen molar-refractivity contribution in [2.24, 2.45) is 0 Å². The van der Waals surface area contributed by atoms with Crippen LogP contribution in [0.5, 0.6) is 5.75 Å². The van der Waals surface area contributed by atoms with Gasteiger partial charge in [0.15, 0.2) is 0 Å². The van der Waals surface area contributed by atoms with Crippen LogP contribution in [-0.2, 0) is 0 Å². The Balaban J connectivity index is 2.89. The molecular weight excluding hydrogens is 220 g/mol. The number of hydrogen-bond acceptors (Lipinski definition) is 1. The zero-order valence-electron chi connectivity index (χ0n) is 10.6. The zero-order valence-corrected chi connectivity index (χ0v) is 11.3. The normalized spacial score (nSPS) is 11.2. The van der Waals surface area contributed by atoms with E-state index in [9.17, 15) is 0 Å². The smallest absolute Gasteiger partial charge is 0.138 e. The Morgan fingerprint density at radius 1 is 1.19 bits per heavy atom. The van der Waals surface area contributed by atoms with Crippen molar-refractivity contribution in [2.75, 3.05) is 0 Å². The van der Waals surface area contributed by atoms with E-state index in [1.807, 2.05) is 26.0 Å². The van der Waals surface area contributed by atoms with Crippen molar-refractivity contribution in [2.45, 2.75) is 52.6 Å². The molecule has 1 rings (SSSR count). The second-order valence-electron chi connectivity index (χ2n) is 4.37. The molecule has 0 N–H and O–H groups in total. The van der Waals surface area contributed by atoms with Gasteiger partial charge in [-0.15, -0.1) is 0 Å². The summed E-state index contributed by atoms with van der Waals surface area (Å²) in [5.41, 5.74) is 1.31. The third-order valence-electron chi connectivity index (χ3n) is 2.78. The van der Waals surface area contributed by atoms with E-state index < -0.39 is 0 Å². The molecule has 1 aromatic rings. The average Bonchev–Trinajstić information content (AvgIpc) is 2.23. The Bertz CT molecular complexity index is 330. The molecule has 0 saturated heterocycles. The molecule has 1 aromatic carbocycles. The van der Waals surface area contributed by atoms with Gasteiger partial charge in [-0.3, -0.25) is 0 Å². The summed E-state index contributed by atoms with van der Waals surface area (Å²) in [4.78, 5) is 0. The van der Waals surface area contributed by atoms with E-state index in [1.165, 1.54) is 5.56 Å². The molecule has 0 aliphatic heterocycles. The van der Waals surface area contributed by atoms with E-state index >= 15 is 0 Å². The van der Waals surface area contributed by atoms with E-state index in [2.05, 4.69) is 19.9 Å². The monoisotopic (exact) mass is 240 g/mol. The largest absolute Gasteiger partial charge is 0.489 e. The second kappa shape index (κ2) is 6.15. The first-order chi connectivity index (χ1) is 7.58. The highest BCUT2D eigenvalue weighted by Gasteiger charge is 2.10. The maximum Gasteiger partial charge on any atom is 0.138 e. The van der Waals surface area contributed by atoms with Crippen molar-refractivity contribution in [3.05, 3.63) is 28.8 Å². The first-order valence-electron chi connectivity index (χ1n) is 6.04. The van der Waals surface area contributed by atoms with Gasteiger partial charge in [-0.25, -0.2) is 0 Å². The van der Waals surface area contributed by atoms with Crippen LogP contribution in [0.15, 0.2) is 18.2 Å². The third-order valence-corrected chi connectivity index (χ3v) is 3.07. The highest BCUT2D eigenvalue weighted by Crippen LogP contribution is 2.31. The molecule has 0 aliphatic carbocycles. The molecule has 0 amide bonds. The van der Waals surface area contributed by atoms with Crippen LogP contribution < -0.4 is 4.74 Å². The maximum atomic E-state index is 6.21. The summed E-state index contributed by atoms with van der Waals surface area (Å²) in [6.07, 6.45) is 2.46. The van der Waals surface area contributed by atoms with Crippen molar-refractivity contribution in [1.29, 1.82) is 0 Å². The summed E-state index contributed by atoms with van der Waals surface area (Å²) in [5.74, 6) is 1.39. The molecule has 0 atom stereocenters. The van der Waals surface area contributed by atoms with Gasteiger partial charge in [0.25, 0.3) is 0 Å². The van der Waals surface area contributed by atoms with Crippen LogP contribution in [0, 0.1) is 0 Å². The molecule has 0 fully saturated rings. The topological polar surface area (TPSA) is 9.23 Å². The van der Waals surface area contributed by atoms with Crippen LogP contribution in [0.3, 0.4) is 0 Å². The summed E-state index contributed by atoms with van der Waals surface area (Å²) in [7, 11) is 0. The van der Waals surface area contributed by atoms with Crippen molar-refractivity contribution >= 4 is 11.6 Å². The Kier molecular flexibility index (Phi) is 5.14. The van der Waals surface area contributed by atoms with Gasteiger partial charge in [-0.05, 0) is 50.3 Å². The lowest BCUT2D eigenvalue weighted by Gasteiger charge is -2.16. The van der Waals surface area contributed by atoms with Crippen LogP contribution in [-0.4, -0.2) is 6.10 Å². The quantitative estimate of drug-likeness (QED) is 0.701. The first-order valence-corrected chi connectivity index (χ1v) is 6.42. The molecule has 0 bridgehead atoms. The summed E-state index contributed by atoms with van der Waals surface area (Å²) in [6.45, 7) is 8.43. The summed E-state index contributed by atoms with van der Waals surface area (Å²) in [5, 5.41) is 0.720. The molecular formula is C14H21ClO. The Morgan fingerprint density at radius 3 is 2.25 bits per heavy atom. The summed E-state index contributed by atoms with van der Waals surface area (Å²) in [6, 6.07) is 6.15. The first kappa shape index (κ1) is 13.4. The molecule has 0 unspecified atom stereocenters. The molecule has 0 saturated carbocycles. The maximum absolute atomic E-state index is 6.21. The van der Waals surface area contributed by atoms with Gasteiger partial charge in [0.2, 0.25) is 0 Å². The fraction of sp³-hybridized carbons (Fsp3) is 0.571. The van der Waals surface area contributed by atoms with Gasteiger partial charge >= 0.3 is 0 Å². The number of halogens is 1. The number of ether oxygens (including phenoxy) is 1. The molecule has 0 aromatic heterocycles. The second-order valence-corrected chi connectivity index (χ2v) is 4.78. The van der Waals surface area contributed by atoms with Crippen molar-refractivity contribution in [3.63, 3.8) is 0 Å². The fourth-order valence-electron chi connectivity index (χ4n) is 1.88. The molecule has 90 valence electrons. The van der Waals surface area contributed by atoms with E-state index in [0.29, 0.717) is 5.92 Å². The van der Waals surface area contributed by atoms with Gasteiger partial charge in [-0.1, -0.05) is 31.5 Å². The molecule has 2 heteroatoms.